The minimum atomic E-state index is -0.461. The molecule has 1 unspecified atom stereocenters. The van der Waals surface area contributed by atoms with E-state index in [2.05, 4.69) is 20.5 Å². The highest BCUT2D eigenvalue weighted by Crippen LogP contribution is 2.28. The fourth-order valence-corrected chi connectivity index (χ4v) is 4.10. The van der Waals surface area contributed by atoms with Crippen molar-refractivity contribution in [2.45, 2.75) is 18.2 Å². The van der Waals surface area contributed by atoms with E-state index in [4.69, 9.17) is 4.74 Å². The molecule has 7 nitrogen and oxygen atoms in total. The zero-order valence-electron chi connectivity index (χ0n) is 16.4. The molecule has 4 rings (SSSR count). The van der Waals surface area contributed by atoms with Crippen molar-refractivity contribution in [3.8, 4) is 11.4 Å². The number of aromatic nitrogens is 4. The Hall–Kier alpha value is -3.24. The molecular formula is C21H18FN5O2S2. The molecule has 0 saturated heterocycles. The summed E-state index contributed by atoms with van der Waals surface area (Å²) in [4.78, 5) is 16.3. The first kappa shape index (κ1) is 21.0. The SMILES string of the molecule is CC(Oc1ccc(F)cc1)c1nnc(SCC(=O)Nc2nccs2)n1-c1ccccc1. The van der Waals surface area contributed by atoms with E-state index in [1.165, 1.54) is 35.2 Å². The van der Waals surface area contributed by atoms with Crippen molar-refractivity contribution in [2.24, 2.45) is 0 Å². The standard InChI is InChI=1S/C21H18FN5O2S2/c1-14(29-17-9-7-15(22)8-10-17)19-25-26-21(27(19)16-5-3-2-4-6-16)31-13-18(28)24-20-23-11-12-30-20/h2-12,14H,13H2,1H3,(H,23,24,28). The van der Waals surface area contributed by atoms with Crippen molar-refractivity contribution in [2.75, 3.05) is 11.1 Å². The van der Waals surface area contributed by atoms with E-state index in [0.29, 0.717) is 21.9 Å². The first-order chi connectivity index (χ1) is 15.1. The van der Waals surface area contributed by atoms with Crippen molar-refractivity contribution in [3.05, 3.63) is 77.8 Å². The minimum Gasteiger partial charge on any atom is -0.483 e. The van der Waals surface area contributed by atoms with E-state index in [9.17, 15) is 9.18 Å². The van der Waals surface area contributed by atoms with Crippen LogP contribution in [0, 0.1) is 5.82 Å². The second-order valence-electron chi connectivity index (χ2n) is 6.40. The molecule has 4 aromatic rings. The molecule has 0 aliphatic heterocycles. The molecule has 2 heterocycles. The van der Waals surface area contributed by atoms with Gasteiger partial charge in [-0.05, 0) is 43.3 Å². The molecule has 158 valence electrons. The Morgan fingerprint density at radius 3 is 2.68 bits per heavy atom. The van der Waals surface area contributed by atoms with Gasteiger partial charge in [-0.25, -0.2) is 9.37 Å². The average Bonchev–Trinajstić information content (AvgIpc) is 3.44. The number of thiazole rings is 1. The van der Waals surface area contributed by atoms with Gasteiger partial charge < -0.3 is 10.1 Å². The summed E-state index contributed by atoms with van der Waals surface area (Å²) in [5, 5.41) is 14.3. The first-order valence-electron chi connectivity index (χ1n) is 9.35. The van der Waals surface area contributed by atoms with Gasteiger partial charge in [0.25, 0.3) is 0 Å². The third kappa shape index (κ3) is 5.28. The second kappa shape index (κ2) is 9.71. The van der Waals surface area contributed by atoms with E-state index in [-0.39, 0.29) is 17.5 Å². The van der Waals surface area contributed by atoms with Gasteiger partial charge >= 0.3 is 0 Å². The van der Waals surface area contributed by atoms with Gasteiger partial charge in [0.1, 0.15) is 11.6 Å². The fourth-order valence-electron chi connectivity index (χ4n) is 2.80. The fraction of sp³-hybridized carbons (Fsp3) is 0.143. The summed E-state index contributed by atoms with van der Waals surface area (Å²) in [6, 6.07) is 15.4. The van der Waals surface area contributed by atoms with Gasteiger partial charge in [0.15, 0.2) is 22.2 Å². The lowest BCUT2D eigenvalue weighted by molar-refractivity contribution is -0.113. The highest BCUT2D eigenvalue weighted by Gasteiger charge is 2.21. The van der Waals surface area contributed by atoms with Crippen molar-refractivity contribution in [1.82, 2.24) is 19.7 Å². The van der Waals surface area contributed by atoms with Crippen LogP contribution in [0.5, 0.6) is 5.75 Å². The molecule has 2 aromatic heterocycles. The molecule has 1 N–H and O–H groups in total. The Kier molecular flexibility index (Phi) is 6.58. The molecule has 0 fully saturated rings. The van der Waals surface area contributed by atoms with Gasteiger partial charge in [-0.15, -0.1) is 21.5 Å². The number of amides is 1. The van der Waals surface area contributed by atoms with Gasteiger partial charge in [-0.1, -0.05) is 30.0 Å². The van der Waals surface area contributed by atoms with Gasteiger partial charge in [-0.2, -0.15) is 0 Å². The van der Waals surface area contributed by atoms with Crippen LogP contribution < -0.4 is 10.1 Å². The highest BCUT2D eigenvalue weighted by molar-refractivity contribution is 7.99. The summed E-state index contributed by atoms with van der Waals surface area (Å²) in [6.45, 7) is 1.84. The molecule has 31 heavy (non-hydrogen) atoms. The van der Waals surface area contributed by atoms with Gasteiger partial charge in [0, 0.05) is 17.3 Å². The summed E-state index contributed by atoms with van der Waals surface area (Å²) < 4.78 is 21.0. The number of ether oxygens (including phenoxy) is 1. The smallest absolute Gasteiger partial charge is 0.236 e. The van der Waals surface area contributed by atoms with Gasteiger partial charge in [0.05, 0.1) is 5.75 Å². The minimum absolute atomic E-state index is 0.151. The van der Waals surface area contributed by atoms with Crippen LogP contribution in [-0.2, 0) is 4.79 Å². The van der Waals surface area contributed by atoms with Crippen LogP contribution in [0.15, 0.2) is 71.3 Å². The lowest BCUT2D eigenvalue weighted by atomic mass is 10.3. The van der Waals surface area contributed by atoms with E-state index in [0.717, 1.165) is 5.69 Å². The van der Waals surface area contributed by atoms with E-state index >= 15 is 0 Å². The second-order valence-corrected chi connectivity index (χ2v) is 8.24. The molecule has 0 aliphatic carbocycles. The van der Waals surface area contributed by atoms with E-state index < -0.39 is 6.10 Å². The number of nitrogens with one attached hydrogen (secondary N) is 1. The zero-order chi connectivity index (χ0) is 21.6. The number of halogens is 1. The number of benzene rings is 2. The molecule has 0 spiro atoms. The summed E-state index contributed by atoms with van der Waals surface area (Å²) in [5.41, 5.74) is 0.847. The van der Waals surface area contributed by atoms with Crippen LogP contribution >= 0.6 is 23.1 Å². The van der Waals surface area contributed by atoms with Crippen molar-refractivity contribution in [1.29, 1.82) is 0 Å². The van der Waals surface area contributed by atoms with Crippen LogP contribution in [0.1, 0.15) is 18.9 Å². The summed E-state index contributed by atoms with van der Waals surface area (Å²) in [5.74, 6) is 0.728. The Morgan fingerprint density at radius 1 is 1.19 bits per heavy atom. The molecular weight excluding hydrogens is 437 g/mol. The number of para-hydroxylation sites is 1. The zero-order valence-corrected chi connectivity index (χ0v) is 18.1. The summed E-state index contributed by atoms with van der Waals surface area (Å²) in [6.07, 6.45) is 1.17. The van der Waals surface area contributed by atoms with Crippen LogP contribution in [0.2, 0.25) is 0 Å². The molecule has 1 amide bonds. The third-order valence-corrected chi connectivity index (χ3v) is 5.79. The predicted octanol–water partition coefficient (Wildman–Crippen LogP) is 4.73. The normalized spacial score (nSPS) is 11.8. The molecule has 0 saturated carbocycles. The Balaban J connectivity index is 1.55. The van der Waals surface area contributed by atoms with Crippen LogP contribution in [0.25, 0.3) is 5.69 Å². The van der Waals surface area contributed by atoms with Crippen molar-refractivity contribution < 1.29 is 13.9 Å². The monoisotopic (exact) mass is 455 g/mol. The number of hydrogen-bond acceptors (Lipinski definition) is 7. The predicted molar refractivity (Wildman–Crippen MR) is 118 cm³/mol. The maximum Gasteiger partial charge on any atom is 0.236 e. The van der Waals surface area contributed by atoms with Crippen molar-refractivity contribution in [3.63, 3.8) is 0 Å². The molecule has 10 heteroatoms. The van der Waals surface area contributed by atoms with Crippen LogP contribution in [-0.4, -0.2) is 31.4 Å². The molecule has 2 aromatic carbocycles. The number of carbonyl (C=O) groups excluding carboxylic acids is 1. The van der Waals surface area contributed by atoms with Crippen LogP contribution in [0.4, 0.5) is 9.52 Å². The number of thioether (sulfide) groups is 1. The number of anilines is 1. The molecule has 0 aliphatic rings. The van der Waals surface area contributed by atoms with Gasteiger partial charge in [0.2, 0.25) is 5.91 Å². The number of rotatable bonds is 8. The largest absolute Gasteiger partial charge is 0.483 e. The lowest BCUT2D eigenvalue weighted by Gasteiger charge is -2.16. The van der Waals surface area contributed by atoms with Crippen molar-refractivity contribution >= 4 is 34.1 Å². The van der Waals surface area contributed by atoms with E-state index in [1.54, 1.807) is 23.7 Å². The lowest BCUT2D eigenvalue weighted by Crippen LogP contribution is -2.15. The Bertz CT molecular complexity index is 1130. The topological polar surface area (TPSA) is 81.9 Å². The summed E-state index contributed by atoms with van der Waals surface area (Å²) >= 11 is 2.62. The number of carbonyl (C=O) groups is 1. The van der Waals surface area contributed by atoms with Crippen LogP contribution in [0.3, 0.4) is 0 Å². The Labute approximate surface area is 186 Å². The summed E-state index contributed by atoms with van der Waals surface area (Å²) in [7, 11) is 0. The molecule has 1 atom stereocenters. The highest BCUT2D eigenvalue weighted by atomic mass is 32.2. The maximum absolute atomic E-state index is 13.2. The number of hydrogen-bond donors (Lipinski definition) is 1. The maximum atomic E-state index is 13.2. The Morgan fingerprint density at radius 2 is 1.97 bits per heavy atom. The first-order valence-corrected chi connectivity index (χ1v) is 11.2. The third-order valence-electron chi connectivity index (χ3n) is 4.17. The van der Waals surface area contributed by atoms with E-state index in [1.807, 2.05) is 41.8 Å². The molecule has 0 bridgehead atoms. The van der Waals surface area contributed by atoms with Gasteiger partial charge in [-0.3, -0.25) is 9.36 Å². The molecule has 0 radical (unpaired) electrons. The quantitative estimate of drug-likeness (QED) is 0.387. The average molecular weight is 456 g/mol. The number of nitrogens with zero attached hydrogens (tertiary/aromatic N) is 4.